The Balaban J connectivity index is 1.26. The molecule has 0 saturated heterocycles. The van der Waals surface area contributed by atoms with Crippen LogP contribution in [0.4, 0.5) is 4.39 Å². The molecular weight excluding hydrogens is 449 g/mol. The number of fused-ring (bicyclic) bond motifs is 2. The molecule has 35 heavy (non-hydrogen) atoms. The molecule has 3 heterocycles. The molecule has 8 nitrogen and oxygen atoms in total. The zero-order valence-electron chi connectivity index (χ0n) is 19.1. The van der Waals surface area contributed by atoms with E-state index in [0.29, 0.717) is 35.1 Å². The van der Waals surface area contributed by atoms with E-state index in [0.717, 1.165) is 30.3 Å². The topological polar surface area (TPSA) is 109 Å². The van der Waals surface area contributed by atoms with Crippen molar-refractivity contribution in [2.45, 2.75) is 25.9 Å². The first kappa shape index (κ1) is 23.1. The SMILES string of the molecule is O=C(NCc1ccc2nc(F)c(CNCC3CCC3CO)cc2c1)c1cc(=O)n2ccccc2n1. The fourth-order valence-corrected chi connectivity index (χ4v) is 4.46. The first-order valence-corrected chi connectivity index (χ1v) is 11.7. The molecule has 2 unspecified atom stereocenters. The molecule has 9 heteroatoms. The molecule has 1 amide bonds. The molecule has 1 aliphatic rings. The predicted molar refractivity (Wildman–Crippen MR) is 129 cm³/mol. The standard InChI is InChI=1S/C26H26FN5O3/c27-25-20(14-28-13-17-5-6-18(17)15-33)10-19-9-16(4-7-21(19)31-25)12-29-26(35)22-11-24(34)32-8-2-1-3-23(32)30-22/h1-4,7-11,17-18,28,33H,5-6,12-15H2,(H,29,35). The van der Waals surface area contributed by atoms with E-state index in [1.165, 1.54) is 10.5 Å². The van der Waals surface area contributed by atoms with Gasteiger partial charge in [-0.1, -0.05) is 12.1 Å². The minimum atomic E-state index is -0.507. The normalized spacial score (nSPS) is 17.4. The predicted octanol–water partition coefficient (Wildman–Crippen LogP) is 2.42. The van der Waals surface area contributed by atoms with Gasteiger partial charge in [-0.15, -0.1) is 0 Å². The lowest BCUT2D eigenvalue weighted by Crippen LogP contribution is -2.37. The van der Waals surface area contributed by atoms with Crippen molar-refractivity contribution in [2.24, 2.45) is 11.8 Å². The quantitative estimate of drug-likeness (QED) is 0.338. The van der Waals surface area contributed by atoms with Gasteiger partial charge in [-0.25, -0.2) is 9.97 Å². The van der Waals surface area contributed by atoms with Crippen molar-refractivity contribution >= 4 is 22.5 Å². The fourth-order valence-electron chi connectivity index (χ4n) is 4.46. The molecular formula is C26H26FN5O3. The van der Waals surface area contributed by atoms with Gasteiger partial charge in [-0.2, -0.15) is 4.39 Å². The van der Waals surface area contributed by atoms with Crippen LogP contribution in [0.2, 0.25) is 0 Å². The van der Waals surface area contributed by atoms with Gasteiger partial charge in [0.1, 0.15) is 11.3 Å². The number of aliphatic hydroxyl groups excluding tert-OH is 1. The van der Waals surface area contributed by atoms with Crippen LogP contribution in [0.5, 0.6) is 0 Å². The molecule has 1 fully saturated rings. The third kappa shape index (κ3) is 4.91. The Labute approximate surface area is 200 Å². The molecule has 4 aromatic rings. The fraction of sp³-hybridized carbons (Fsp3) is 0.308. The van der Waals surface area contributed by atoms with Crippen LogP contribution < -0.4 is 16.2 Å². The summed E-state index contributed by atoms with van der Waals surface area (Å²) in [6.45, 7) is 1.51. The Morgan fingerprint density at radius 3 is 2.74 bits per heavy atom. The average Bonchev–Trinajstić information content (AvgIpc) is 2.85. The highest BCUT2D eigenvalue weighted by Crippen LogP contribution is 2.33. The average molecular weight is 476 g/mol. The van der Waals surface area contributed by atoms with Gasteiger partial charge in [0.05, 0.1) is 5.52 Å². The number of rotatable bonds is 8. The summed E-state index contributed by atoms with van der Waals surface area (Å²) in [5.41, 5.74) is 1.94. The van der Waals surface area contributed by atoms with Gasteiger partial charge in [0.25, 0.3) is 11.5 Å². The summed E-state index contributed by atoms with van der Waals surface area (Å²) in [7, 11) is 0. The second-order valence-electron chi connectivity index (χ2n) is 8.97. The first-order chi connectivity index (χ1) is 17.0. The first-order valence-electron chi connectivity index (χ1n) is 11.7. The van der Waals surface area contributed by atoms with Crippen molar-refractivity contribution in [1.82, 2.24) is 25.0 Å². The number of aromatic nitrogens is 3. The van der Waals surface area contributed by atoms with Crippen molar-refractivity contribution in [2.75, 3.05) is 13.2 Å². The van der Waals surface area contributed by atoms with E-state index < -0.39 is 11.9 Å². The van der Waals surface area contributed by atoms with E-state index in [2.05, 4.69) is 20.6 Å². The number of amides is 1. The highest BCUT2D eigenvalue weighted by Gasteiger charge is 2.29. The van der Waals surface area contributed by atoms with Crippen LogP contribution in [0.1, 0.15) is 34.5 Å². The smallest absolute Gasteiger partial charge is 0.270 e. The van der Waals surface area contributed by atoms with Gasteiger partial charge in [0, 0.05) is 42.9 Å². The summed E-state index contributed by atoms with van der Waals surface area (Å²) in [4.78, 5) is 33.2. The van der Waals surface area contributed by atoms with Crippen LogP contribution in [0.3, 0.4) is 0 Å². The molecule has 2 atom stereocenters. The highest BCUT2D eigenvalue weighted by molar-refractivity contribution is 5.92. The van der Waals surface area contributed by atoms with Crippen molar-refractivity contribution in [3.05, 3.63) is 87.9 Å². The third-order valence-corrected chi connectivity index (χ3v) is 6.69. The van der Waals surface area contributed by atoms with Crippen LogP contribution in [0.25, 0.3) is 16.6 Å². The Hall–Kier alpha value is -3.69. The number of nitrogens with zero attached hydrogens (tertiary/aromatic N) is 3. The van der Waals surface area contributed by atoms with Crippen LogP contribution in [0, 0.1) is 17.8 Å². The Morgan fingerprint density at radius 2 is 1.94 bits per heavy atom. The molecule has 1 aliphatic carbocycles. The van der Waals surface area contributed by atoms with Gasteiger partial charge in [0.15, 0.2) is 0 Å². The van der Waals surface area contributed by atoms with Crippen LogP contribution >= 0.6 is 0 Å². The second kappa shape index (κ2) is 9.89. The van der Waals surface area contributed by atoms with E-state index in [4.69, 9.17) is 0 Å². The number of benzene rings is 1. The maximum atomic E-state index is 14.5. The lowest BCUT2D eigenvalue weighted by atomic mass is 9.74. The summed E-state index contributed by atoms with van der Waals surface area (Å²) in [5, 5.41) is 16.2. The van der Waals surface area contributed by atoms with Gasteiger partial charge < -0.3 is 15.7 Å². The number of hydrogen-bond donors (Lipinski definition) is 3. The molecule has 1 saturated carbocycles. The van der Waals surface area contributed by atoms with Crippen LogP contribution in [-0.2, 0) is 13.1 Å². The van der Waals surface area contributed by atoms with E-state index in [1.807, 2.05) is 6.07 Å². The monoisotopic (exact) mass is 475 g/mol. The summed E-state index contributed by atoms with van der Waals surface area (Å²) in [6, 6.07) is 13.5. The maximum Gasteiger partial charge on any atom is 0.270 e. The molecule has 5 rings (SSSR count). The summed E-state index contributed by atoms with van der Waals surface area (Å²) in [6.07, 6.45) is 3.72. The number of hydrogen-bond acceptors (Lipinski definition) is 6. The Morgan fingerprint density at radius 1 is 1.09 bits per heavy atom. The Bertz CT molecular complexity index is 1450. The maximum absolute atomic E-state index is 14.5. The van der Waals surface area contributed by atoms with E-state index in [-0.39, 0.29) is 24.4 Å². The minimum absolute atomic E-state index is 0.0500. The molecule has 0 radical (unpaired) electrons. The molecule has 0 spiro atoms. The molecule has 1 aromatic carbocycles. The second-order valence-corrected chi connectivity index (χ2v) is 8.97. The van der Waals surface area contributed by atoms with Crippen LogP contribution in [0.15, 0.2) is 59.5 Å². The van der Waals surface area contributed by atoms with Crippen molar-refractivity contribution in [3.8, 4) is 0 Å². The lowest BCUT2D eigenvalue weighted by Gasteiger charge is -2.35. The summed E-state index contributed by atoms with van der Waals surface area (Å²) >= 11 is 0. The lowest BCUT2D eigenvalue weighted by molar-refractivity contribution is 0.0900. The largest absolute Gasteiger partial charge is 0.396 e. The van der Waals surface area contributed by atoms with E-state index in [1.54, 1.807) is 42.6 Å². The number of aliphatic hydroxyl groups is 1. The van der Waals surface area contributed by atoms with Gasteiger partial charge in [-0.05, 0) is 67.1 Å². The number of pyridine rings is 2. The summed E-state index contributed by atoms with van der Waals surface area (Å²) < 4.78 is 15.9. The third-order valence-electron chi connectivity index (χ3n) is 6.69. The molecule has 0 bridgehead atoms. The number of carbonyl (C=O) groups excluding carboxylic acids is 1. The van der Waals surface area contributed by atoms with E-state index >= 15 is 0 Å². The highest BCUT2D eigenvalue weighted by atomic mass is 19.1. The van der Waals surface area contributed by atoms with Crippen molar-refractivity contribution < 1.29 is 14.3 Å². The zero-order valence-corrected chi connectivity index (χ0v) is 19.1. The number of halogens is 1. The van der Waals surface area contributed by atoms with Gasteiger partial charge in [-0.3, -0.25) is 14.0 Å². The minimum Gasteiger partial charge on any atom is -0.396 e. The van der Waals surface area contributed by atoms with Gasteiger partial charge in [0.2, 0.25) is 5.95 Å². The zero-order chi connectivity index (χ0) is 24.4. The van der Waals surface area contributed by atoms with Crippen LogP contribution in [-0.4, -0.2) is 38.5 Å². The van der Waals surface area contributed by atoms with Gasteiger partial charge >= 0.3 is 0 Å². The molecule has 180 valence electrons. The van der Waals surface area contributed by atoms with Crippen molar-refractivity contribution in [3.63, 3.8) is 0 Å². The number of nitrogens with one attached hydrogen (secondary N) is 2. The summed E-state index contributed by atoms with van der Waals surface area (Å²) in [5.74, 6) is -0.191. The Kier molecular flexibility index (Phi) is 6.52. The molecule has 3 aromatic heterocycles. The van der Waals surface area contributed by atoms with E-state index in [9.17, 15) is 19.1 Å². The number of carbonyl (C=O) groups is 1. The molecule has 0 aliphatic heterocycles. The van der Waals surface area contributed by atoms with Crippen molar-refractivity contribution in [1.29, 1.82) is 0 Å². The molecule has 3 N–H and O–H groups in total.